The minimum Gasteiger partial charge on any atom is -0.489 e. The zero-order chi connectivity index (χ0) is 23.3. The number of fused-ring (bicyclic) bond motifs is 1. The van der Waals surface area contributed by atoms with Crippen LogP contribution in [0, 0.1) is 0 Å². The molecule has 0 spiro atoms. The summed E-state index contributed by atoms with van der Waals surface area (Å²) in [6.07, 6.45) is 1.55. The van der Waals surface area contributed by atoms with E-state index in [1.54, 1.807) is 11.3 Å². The van der Waals surface area contributed by atoms with Crippen molar-refractivity contribution < 1.29 is 18.6 Å². The lowest BCUT2D eigenvalue weighted by atomic mass is 10.1. The van der Waals surface area contributed by atoms with Crippen molar-refractivity contribution in [3.8, 4) is 23.0 Å². The number of halogens is 2. The molecule has 0 saturated carbocycles. The van der Waals surface area contributed by atoms with Gasteiger partial charge in [0.25, 0.3) is 0 Å². The molecule has 0 N–H and O–H groups in total. The van der Waals surface area contributed by atoms with Gasteiger partial charge in [0.1, 0.15) is 27.6 Å². The Bertz CT molecular complexity index is 1230. The number of hydrogen-bond donors (Lipinski definition) is 0. The predicted octanol–water partition coefficient (Wildman–Crippen LogP) is 7.81. The van der Waals surface area contributed by atoms with Gasteiger partial charge in [-0.2, -0.15) is 0 Å². The van der Waals surface area contributed by atoms with Crippen molar-refractivity contribution in [2.45, 2.75) is 25.7 Å². The first-order chi connectivity index (χ1) is 16.7. The molecule has 3 aromatic carbocycles. The summed E-state index contributed by atoms with van der Waals surface area (Å²) in [6, 6.07) is 23.8. The Morgan fingerprint density at radius 3 is 2.47 bits per heavy atom. The van der Waals surface area contributed by atoms with Crippen molar-refractivity contribution in [3.05, 3.63) is 82.1 Å². The molecule has 34 heavy (non-hydrogen) atoms. The number of benzene rings is 3. The highest BCUT2D eigenvalue weighted by Crippen LogP contribution is 2.45. The molecule has 5 rings (SSSR count). The molecule has 0 aliphatic carbocycles. The lowest BCUT2D eigenvalue weighted by molar-refractivity contribution is -0.0552. The van der Waals surface area contributed by atoms with Crippen LogP contribution in [-0.2, 0) is 6.61 Å². The fraction of sp³-hybridized carbons (Fsp3) is 0.259. The maximum atomic E-state index is 12.4. The molecule has 1 aliphatic rings. The van der Waals surface area contributed by atoms with Gasteiger partial charge in [-0.15, -0.1) is 11.3 Å². The Morgan fingerprint density at radius 1 is 0.971 bits per heavy atom. The molecule has 1 atom stereocenters. The number of hydrogen-bond acceptors (Lipinski definition) is 5. The summed E-state index contributed by atoms with van der Waals surface area (Å²) in [5, 5.41) is 1.03. The van der Waals surface area contributed by atoms with Gasteiger partial charge in [-0.1, -0.05) is 30.3 Å². The van der Waals surface area contributed by atoms with Gasteiger partial charge in [0.05, 0.1) is 6.67 Å². The molecule has 0 bridgehead atoms. The van der Waals surface area contributed by atoms with Gasteiger partial charge in [-0.05, 0) is 70.4 Å². The Labute approximate surface area is 211 Å². The van der Waals surface area contributed by atoms with Crippen LogP contribution < -0.4 is 14.2 Å². The molecule has 1 aliphatic heterocycles. The molecule has 4 nitrogen and oxygen atoms in total. The first-order valence-electron chi connectivity index (χ1n) is 11.3. The average Bonchev–Trinajstić information content (AvgIpc) is 3.16. The van der Waals surface area contributed by atoms with E-state index in [1.165, 1.54) is 0 Å². The molecule has 1 aromatic heterocycles. The molecular formula is C27H25BrFNO3S. The SMILES string of the molecule is FCCCN1CCC1Oc1ccc(Oc2c(Br)sc3cc(OCc4ccccc4)ccc23)cc1. The van der Waals surface area contributed by atoms with Gasteiger partial charge in [0.2, 0.25) is 0 Å². The monoisotopic (exact) mass is 541 g/mol. The molecule has 0 radical (unpaired) electrons. The first-order valence-corrected chi connectivity index (χ1v) is 12.9. The lowest BCUT2D eigenvalue weighted by Crippen LogP contribution is -2.51. The summed E-state index contributed by atoms with van der Waals surface area (Å²) in [6.45, 7) is 1.94. The minimum absolute atomic E-state index is 0.0339. The fourth-order valence-corrected chi connectivity index (χ4v) is 5.58. The van der Waals surface area contributed by atoms with Gasteiger partial charge in [0.15, 0.2) is 12.0 Å². The minimum atomic E-state index is -0.288. The number of likely N-dealkylation sites (tertiary alicyclic amines) is 1. The summed E-state index contributed by atoms with van der Waals surface area (Å²) in [7, 11) is 0. The summed E-state index contributed by atoms with van der Waals surface area (Å²) >= 11 is 5.27. The standard InChI is InChI=1S/C27H25BrFNO3S/c28-27-26(23-12-11-22(17-24(23)34-27)31-18-19-5-2-1-3-6-19)33-21-9-7-20(8-10-21)32-25-13-16-30(25)15-4-14-29/h1-3,5-12,17,25H,4,13-16,18H2. The molecule has 1 fully saturated rings. The van der Waals surface area contributed by atoms with E-state index in [1.807, 2.05) is 60.7 Å². The van der Waals surface area contributed by atoms with Crippen LogP contribution >= 0.6 is 27.3 Å². The molecular weight excluding hydrogens is 517 g/mol. The Hall–Kier alpha value is -2.61. The number of nitrogens with zero attached hydrogens (tertiary/aromatic N) is 1. The molecule has 4 aromatic rings. The second kappa shape index (κ2) is 10.8. The zero-order valence-corrected chi connectivity index (χ0v) is 21.0. The van der Waals surface area contributed by atoms with E-state index in [4.69, 9.17) is 14.2 Å². The van der Waals surface area contributed by atoms with Crippen LogP contribution in [0.15, 0.2) is 76.6 Å². The van der Waals surface area contributed by atoms with Crippen LogP contribution in [0.4, 0.5) is 4.39 Å². The summed E-state index contributed by atoms with van der Waals surface area (Å²) in [5.41, 5.74) is 1.14. The average molecular weight is 542 g/mol. The van der Waals surface area contributed by atoms with Crippen molar-refractivity contribution in [3.63, 3.8) is 0 Å². The van der Waals surface area contributed by atoms with Crippen molar-refractivity contribution in [2.24, 2.45) is 0 Å². The second-order valence-electron chi connectivity index (χ2n) is 8.15. The smallest absolute Gasteiger partial charge is 0.160 e. The Morgan fingerprint density at radius 2 is 1.74 bits per heavy atom. The van der Waals surface area contributed by atoms with Crippen LogP contribution in [0.25, 0.3) is 10.1 Å². The van der Waals surface area contributed by atoms with E-state index < -0.39 is 0 Å². The number of rotatable bonds is 10. The Kier molecular flexibility index (Phi) is 7.33. The second-order valence-corrected chi connectivity index (χ2v) is 10.5. The van der Waals surface area contributed by atoms with E-state index >= 15 is 0 Å². The van der Waals surface area contributed by atoms with Crippen molar-refractivity contribution >= 4 is 37.4 Å². The van der Waals surface area contributed by atoms with E-state index in [-0.39, 0.29) is 12.9 Å². The third-order valence-corrected chi connectivity index (χ3v) is 7.56. The van der Waals surface area contributed by atoms with Gasteiger partial charge in [-0.25, -0.2) is 0 Å². The predicted molar refractivity (Wildman–Crippen MR) is 138 cm³/mol. The van der Waals surface area contributed by atoms with Gasteiger partial charge >= 0.3 is 0 Å². The molecule has 176 valence electrons. The number of ether oxygens (including phenoxy) is 3. The summed E-state index contributed by atoms with van der Waals surface area (Å²) in [5.74, 6) is 3.14. The Balaban J connectivity index is 1.23. The van der Waals surface area contributed by atoms with Crippen molar-refractivity contribution in [1.29, 1.82) is 0 Å². The van der Waals surface area contributed by atoms with Crippen LogP contribution in [0.5, 0.6) is 23.0 Å². The van der Waals surface area contributed by atoms with E-state index in [9.17, 15) is 4.39 Å². The molecule has 0 amide bonds. The first kappa shape index (κ1) is 23.1. The van der Waals surface area contributed by atoms with Crippen LogP contribution in [0.2, 0.25) is 0 Å². The van der Waals surface area contributed by atoms with Gasteiger partial charge < -0.3 is 14.2 Å². The van der Waals surface area contributed by atoms with E-state index in [0.717, 1.165) is 61.9 Å². The van der Waals surface area contributed by atoms with Gasteiger partial charge in [-0.3, -0.25) is 9.29 Å². The van der Waals surface area contributed by atoms with Crippen molar-refractivity contribution in [2.75, 3.05) is 19.8 Å². The highest BCUT2D eigenvalue weighted by molar-refractivity contribution is 9.11. The highest BCUT2D eigenvalue weighted by atomic mass is 79.9. The van der Waals surface area contributed by atoms with Crippen molar-refractivity contribution in [1.82, 2.24) is 4.90 Å². The van der Waals surface area contributed by atoms with Crippen LogP contribution in [0.3, 0.4) is 0 Å². The third-order valence-electron chi connectivity index (χ3n) is 5.79. The lowest BCUT2D eigenvalue weighted by Gasteiger charge is -2.40. The number of alkyl halides is 1. The maximum Gasteiger partial charge on any atom is 0.160 e. The quantitative estimate of drug-likeness (QED) is 0.205. The third kappa shape index (κ3) is 5.37. The molecule has 2 heterocycles. The highest BCUT2D eigenvalue weighted by Gasteiger charge is 2.29. The van der Waals surface area contributed by atoms with E-state index in [2.05, 4.69) is 33.0 Å². The zero-order valence-electron chi connectivity index (χ0n) is 18.6. The maximum absolute atomic E-state index is 12.4. The molecule has 7 heteroatoms. The molecule has 1 unspecified atom stereocenters. The van der Waals surface area contributed by atoms with Crippen LogP contribution in [0.1, 0.15) is 18.4 Å². The summed E-state index contributed by atoms with van der Waals surface area (Å²) < 4.78 is 32.7. The topological polar surface area (TPSA) is 30.9 Å². The van der Waals surface area contributed by atoms with E-state index in [0.29, 0.717) is 13.0 Å². The van der Waals surface area contributed by atoms with Crippen LogP contribution in [-0.4, -0.2) is 30.9 Å². The summed E-state index contributed by atoms with van der Waals surface area (Å²) in [4.78, 5) is 2.16. The fourth-order valence-electron chi connectivity index (χ4n) is 3.88. The number of thiophene rings is 1. The normalized spacial score (nSPS) is 15.8. The van der Waals surface area contributed by atoms with Gasteiger partial charge in [0, 0.05) is 29.6 Å². The molecule has 1 saturated heterocycles. The largest absolute Gasteiger partial charge is 0.489 e.